The van der Waals surface area contributed by atoms with Crippen LogP contribution in [-0.2, 0) is 0 Å². The molecule has 0 radical (unpaired) electrons. The van der Waals surface area contributed by atoms with Gasteiger partial charge in [-0.25, -0.2) is 4.39 Å². The van der Waals surface area contributed by atoms with Crippen LogP contribution >= 0.6 is 0 Å². The van der Waals surface area contributed by atoms with E-state index in [1.54, 1.807) is 6.92 Å². The number of fused-ring (bicyclic) bond motifs is 2. The zero-order valence-electron chi connectivity index (χ0n) is 17.3. The lowest BCUT2D eigenvalue weighted by Crippen LogP contribution is -2.55. The average Bonchev–Trinajstić information content (AvgIpc) is 2.76. The standard InChI is InChI=1S/C23H19F4N3O3/c1-2-11-9-22(33,23(25,26)27)21(14-4-3-12(10-28)20(32)18(11)14)29-16-7-6-15(24)19-13(16)5-8-17(31)30-19/h3-8,11,21,29,32-33H,2,9H2,1H3,(H,30,31)/t11-,21+,22+/m1/s1. The van der Waals surface area contributed by atoms with Crippen LogP contribution < -0.4 is 10.9 Å². The highest BCUT2D eigenvalue weighted by Crippen LogP contribution is 2.55. The molecule has 0 saturated heterocycles. The molecule has 2 aromatic carbocycles. The molecule has 10 heteroatoms. The summed E-state index contributed by atoms with van der Waals surface area (Å²) in [6.45, 7) is 1.63. The molecule has 0 aliphatic heterocycles. The lowest BCUT2D eigenvalue weighted by molar-refractivity contribution is -0.272. The van der Waals surface area contributed by atoms with Gasteiger partial charge >= 0.3 is 6.18 Å². The number of hydrogen-bond acceptors (Lipinski definition) is 5. The molecular formula is C23H19F4N3O3. The quantitative estimate of drug-likeness (QED) is 0.427. The van der Waals surface area contributed by atoms with E-state index in [0.717, 1.165) is 12.1 Å². The minimum Gasteiger partial charge on any atom is -0.506 e. The number of nitrogens with one attached hydrogen (secondary N) is 2. The van der Waals surface area contributed by atoms with Gasteiger partial charge in [0.2, 0.25) is 5.56 Å². The van der Waals surface area contributed by atoms with E-state index in [0.29, 0.717) is 0 Å². The molecule has 6 nitrogen and oxygen atoms in total. The van der Waals surface area contributed by atoms with Crippen LogP contribution in [0, 0.1) is 17.1 Å². The number of phenolic OH excluding ortho intramolecular Hbond substituents is 1. The number of rotatable bonds is 3. The van der Waals surface area contributed by atoms with Crippen molar-refractivity contribution in [2.45, 2.75) is 43.5 Å². The molecule has 172 valence electrons. The average molecular weight is 461 g/mol. The van der Waals surface area contributed by atoms with Crippen molar-refractivity contribution >= 4 is 16.6 Å². The van der Waals surface area contributed by atoms with E-state index in [2.05, 4.69) is 10.3 Å². The van der Waals surface area contributed by atoms with Crippen LogP contribution in [0.5, 0.6) is 5.75 Å². The summed E-state index contributed by atoms with van der Waals surface area (Å²) in [6.07, 6.45) is -5.62. The first-order chi connectivity index (χ1) is 15.5. The van der Waals surface area contributed by atoms with Crippen molar-refractivity contribution in [3.8, 4) is 11.8 Å². The Hall–Kier alpha value is -3.58. The summed E-state index contributed by atoms with van der Waals surface area (Å²) in [4.78, 5) is 13.9. The van der Waals surface area contributed by atoms with Gasteiger partial charge in [-0.15, -0.1) is 0 Å². The number of aromatic nitrogens is 1. The van der Waals surface area contributed by atoms with E-state index < -0.39 is 47.3 Å². The maximum atomic E-state index is 14.2. The topological polar surface area (TPSA) is 109 Å². The number of H-pyrrole nitrogens is 1. The number of phenols is 1. The van der Waals surface area contributed by atoms with Gasteiger partial charge < -0.3 is 20.5 Å². The summed E-state index contributed by atoms with van der Waals surface area (Å²) in [5.41, 5.74) is -3.94. The van der Waals surface area contributed by atoms with Crippen LogP contribution in [0.3, 0.4) is 0 Å². The van der Waals surface area contributed by atoms with Gasteiger partial charge in [-0.2, -0.15) is 18.4 Å². The van der Waals surface area contributed by atoms with Crippen molar-refractivity contribution in [3.63, 3.8) is 0 Å². The second-order valence-corrected chi connectivity index (χ2v) is 8.09. The van der Waals surface area contributed by atoms with Crippen LogP contribution in [0.15, 0.2) is 41.2 Å². The van der Waals surface area contributed by atoms with Gasteiger partial charge in [0.25, 0.3) is 0 Å². The van der Waals surface area contributed by atoms with E-state index >= 15 is 0 Å². The molecular weight excluding hydrogens is 442 g/mol. The van der Waals surface area contributed by atoms with Gasteiger partial charge in [0.05, 0.1) is 17.1 Å². The molecule has 1 aliphatic rings. The molecule has 1 aliphatic carbocycles. The number of nitriles is 1. The van der Waals surface area contributed by atoms with Crippen molar-refractivity contribution in [3.05, 3.63) is 69.3 Å². The van der Waals surface area contributed by atoms with Gasteiger partial charge in [-0.05, 0) is 48.6 Å². The number of alkyl halides is 3. The number of nitrogens with zero attached hydrogens (tertiary/aromatic N) is 1. The zero-order valence-corrected chi connectivity index (χ0v) is 17.3. The summed E-state index contributed by atoms with van der Waals surface area (Å²) in [5, 5.41) is 33.7. The third-order valence-electron chi connectivity index (χ3n) is 6.25. The molecule has 0 saturated carbocycles. The molecule has 0 bridgehead atoms. The second-order valence-electron chi connectivity index (χ2n) is 8.09. The van der Waals surface area contributed by atoms with Crippen LogP contribution in [0.25, 0.3) is 10.9 Å². The number of aromatic hydroxyl groups is 1. The van der Waals surface area contributed by atoms with Crippen molar-refractivity contribution in [2.24, 2.45) is 0 Å². The molecule has 0 amide bonds. The van der Waals surface area contributed by atoms with E-state index in [4.69, 9.17) is 0 Å². The molecule has 4 N–H and O–H groups in total. The first kappa shape index (κ1) is 22.6. The monoisotopic (exact) mass is 461 g/mol. The molecule has 3 atom stereocenters. The Bertz CT molecular complexity index is 1350. The zero-order chi connectivity index (χ0) is 24.1. The molecule has 1 aromatic heterocycles. The number of benzene rings is 2. The van der Waals surface area contributed by atoms with Gasteiger partial charge in [0.1, 0.15) is 17.6 Å². The Morgan fingerprint density at radius 2 is 1.97 bits per heavy atom. The van der Waals surface area contributed by atoms with E-state index in [1.165, 1.54) is 24.3 Å². The normalized spacial score (nSPS) is 22.6. The van der Waals surface area contributed by atoms with Gasteiger partial charge in [-0.1, -0.05) is 13.0 Å². The lowest BCUT2D eigenvalue weighted by Gasteiger charge is -2.46. The maximum Gasteiger partial charge on any atom is 0.419 e. The first-order valence-electron chi connectivity index (χ1n) is 10.1. The van der Waals surface area contributed by atoms with Crippen molar-refractivity contribution in [1.82, 2.24) is 4.98 Å². The number of aromatic amines is 1. The summed E-state index contributed by atoms with van der Waals surface area (Å²) in [7, 11) is 0. The Morgan fingerprint density at radius 3 is 2.61 bits per heavy atom. The summed E-state index contributed by atoms with van der Waals surface area (Å²) in [6, 6.07) is 7.07. The summed E-state index contributed by atoms with van der Waals surface area (Å²) in [5.74, 6) is -2.06. The first-order valence-corrected chi connectivity index (χ1v) is 10.1. The SMILES string of the molecule is CC[C@@H]1C[C@@](O)(C(F)(F)F)[C@@H](Nc2ccc(F)c3[nH]c(=O)ccc23)c2ccc(C#N)c(O)c21. The van der Waals surface area contributed by atoms with E-state index in [9.17, 15) is 37.8 Å². The number of pyridine rings is 1. The van der Waals surface area contributed by atoms with Gasteiger partial charge in [0.15, 0.2) is 5.60 Å². The summed E-state index contributed by atoms with van der Waals surface area (Å²) < 4.78 is 57.0. The predicted octanol–water partition coefficient (Wildman–Crippen LogP) is 4.59. The molecule has 1 heterocycles. The fraction of sp³-hybridized carbons (Fsp3) is 0.304. The van der Waals surface area contributed by atoms with Crippen LogP contribution in [0.1, 0.15) is 48.4 Å². The molecule has 4 rings (SSSR count). The van der Waals surface area contributed by atoms with Gasteiger partial charge in [-0.3, -0.25) is 4.79 Å². The Kier molecular flexibility index (Phi) is 5.33. The molecule has 33 heavy (non-hydrogen) atoms. The fourth-order valence-electron chi connectivity index (χ4n) is 4.57. The molecule has 0 unspecified atom stereocenters. The predicted molar refractivity (Wildman–Crippen MR) is 112 cm³/mol. The third-order valence-corrected chi connectivity index (χ3v) is 6.25. The maximum absolute atomic E-state index is 14.2. The molecule has 0 spiro atoms. The Balaban J connectivity index is 1.97. The highest BCUT2D eigenvalue weighted by Gasteiger charge is 2.62. The highest BCUT2D eigenvalue weighted by molar-refractivity contribution is 5.91. The molecule has 3 aromatic rings. The van der Waals surface area contributed by atoms with E-state index in [-0.39, 0.29) is 39.7 Å². The fourth-order valence-corrected chi connectivity index (χ4v) is 4.57. The van der Waals surface area contributed by atoms with Crippen LogP contribution in [0.4, 0.5) is 23.2 Å². The van der Waals surface area contributed by atoms with E-state index in [1.807, 2.05) is 6.07 Å². The van der Waals surface area contributed by atoms with Gasteiger partial charge in [0, 0.05) is 22.7 Å². The largest absolute Gasteiger partial charge is 0.506 e. The number of hydrogen-bond donors (Lipinski definition) is 4. The van der Waals surface area contributed by atoms with Crippen LogP contribution in [-0.4, -0.2) is 27.0 Å². The number of anilines is 1. The Morgan fingerprint density at radius 1 is 1.24 bits per heavy atom. The second kappa shape index (κ2) is 7.78. The minimum atomic E-state index is -5.05. The highest BCUT2D eigenvalue weighted by atomic mass is 19.4. The van der Waals surface area contributed by atoms with Crippen molar-refractivity contribution < 1.29 is 27.8 Å². The van der Waals surface area contributed by atoms with Crippen molar-refractivity contribution in [1.29, 1.82) is 5.26 Å². The smallest absolute Gasteiger partial charge is 0.419 e. The summed E-state index contributed by atoms with van der Waals surface area (Å²) >= 11 is 0. The van der Waals surface area contributed by atoms with Crippen molar-refractivity contribution in [2.75, 3.05) is 5.32 Å². The molecule has 0 fully saturated rings. The number of aliphatic hydroxyl groups is 1. The third kappa shape index (κ3) is 3.49. The Labute approximate surface area is 185 Å². The minimum absolute atomic E-state index is 0.0219. The lowest BCUT2D eigenvalue weighted by atomic mass is 9.68. The number of halogens is 4. The van der Waals surface area contributed by atoms with Crippen LogP contribution in [0.2, 0.25) is 0 Å².